The summed E-state index contributed by atoms with van der Waals surface area (Å²) in [5.41, 5.74) is 1.57. The fraction of sp³-hybridized carbons (Fsp3) is 0.235. The molecule has 0 saturated heterocycles. The quantitative estimate of drug-likeness (QED) is 0.813. The molecule has 0 unspecified atom stereocenters. The fourth-order valence-electron chi connectivity index (χ4n) is 2.81. The first-order valence-electron chi connectivity index (χ1n) is 7.19. The predicted octanol–water partition coefficient (Wildman–Crippen LogP) is 3.30. The van der Waals surface area contributed by atoms with Gasteiger partial charge < -0.3 is 15.7 Å². The lowest BCUT2D eigenvalue weighted by molar-refractivity contribution is 0.0417. The van der Waals surface area contributed by atoms with Gasteiger partial charge in [0.15, 0.2) is 0 Å². The number of carbonyl (C=O) groups excluding carboxylic acids is 1. The van der Waals surface area contributed by atoms with Gasteiger partial charge in [0.05, 0.1) is 17.3 Å². The maximum absolute atomic E-state index is 12.0. The van der Waals surface area contributed by atoms with Gasteiger partial charge in [-0.05, 0) is 36.1 Å². The number of aliphatic hydroxyl groups is 1. The van der Waals surface area contributed by atoms with Gasteiger partial charge in [-0.15, -0.1) is 0 Å². The van der Waals surface area contributed by atoms with E-state index in [4.69, 9.17) is 11.6 Å². The minimum atomic E-state index is -1.01. The Morgan fingerprint density at radius 1 is 1.18 bits per heavy atom. The molecule has 0 fully saturated rings. The summed E-state index contributed by atoms with van der Waals surface area (Å²) in [7, 11) is 0. The molecule has 0 spiro atoms. The number of benzene rings is 2. The molecule has 0 bridgehead atoms. The summed E-state index contributed by atoms with van der Waals surface area (Å²) in [6.07, 6.45) is 1.43. The van der Waals surface area contributed by atoms with Crippen LogP contribution in [0, 0.1) is 0 Å². The van der Waals surface area contributed by atoms with E-state index in [1.165, 1.54) is 0 Å². The lowest BCUT2D eigenvalue weighted by atomic mass is 9.96. The molecule has 5 heteroatoms. The van der Waals surface area contributed by atoms with Gasteiger partial charge in [-0.25, -0.2) is 4.79 Å². The number of rotatable bonds is 3. The van der Waals surface area contributed by atoms with Crippen molar-refractivity contribution in [3.8, 4) is 0 Å². The molecule has 0 aliphatic heterocycles. The second-order valence-corrected chi connectivity index (χ2v) is 5.88. The summed E-state index contributed by atoms with van der Waals surface area (Å²) in [6.45, 7) is 0.167. The first kappa shape index (κ1) is 14.9. The van der Waals surface area contributed by atoms with Crippen LogP contribution in [0.15, 0.2) is 48.5 Å². The number of para-hydroxylation sites is 1. The molecule has 3 N–H and O–H groups in total. The van der Waals surface area contributed by atoms with E-state index < -0.39 is 5.60 Å². The number of hydrogen-bond acceptors (Lipinski definition) is 2. The van der Waals surface area contributed by atoms with Gasteiger partial charge in [0.2, 0.25) is 0 Å². The number of fused-ring (bicyclic) bond motifs is 1. The minimum absolute atomic E-state index is 0.167. The zero-order valence-electron chi connectivity index (χ0n) is 12.0. The topological polar surface area (TPSA) is 61.4 Å². The Kier molecular flexibility index (Phi) is 4.05. The number of halogens is 1. The third kappa shape index (κ3) is 2.93. The highest BCUT2D eigenvalue weighted by molar-refractivity contribution is 6.33. The van der Waals surface area contributed by atoms with Crippen LogP contribution in [-0.4, -0.2) is 17.7 Å². The number of nitrogens with one attached hydrogen (secondary N) is 2. The molecule has 0 radical (unpaired) electrons. The SMILES string of the molecule is O=C(NC[C@]1(O)CCc2ccccc21)Nc1ccccc1Cl. The van der Waals surface area contributed by atoms with Crippen molar-refractivity contribution >= 4 is 23.3 Å². The van der Waals surface area contributed by atoms with Crippen LogP contribution in [0.3, 0.4) is 0 Å². The van der Waals surface area contributed by atoms with Crippen molar-refractivity contribution in [3.05, 3.63) is 64.7 Å². The zero-order valence-corrected chi connectivity index (χ0v) is 12.7. The first-order chi connectivity index (χ1) is 10.6. The molecular weight excluding hydrogens is 300 g/mol. The Balaban J connectivity index is 1.63. The van der Waals surface area contributed by atoms with E-state index in [1.54, 1.807) is 24.3 Å². The summed E-state index contributed by atoms with van der Waals surface area (Å²) in [5.74, 6) is 0. The van der Waals surface area contributed by atoms with E-state index in [0.717, 1.165) is 17.5 Å². The zero-order chi connectivity index (χ0) is 15.6. The van der Waals surface area contributed by atoms with E-state index >= 15 is 0 Å². The fourth-order valence-corrected chi connectivity index (χ4v) is 2.99. The number of aryl methyl sites for hydroxylation is 1. The van der Waals surface area contributed by atoms with E-state index in [9.17, 15) is 9.90 Å². The first-order valence-corrected chi connectivity index (χ1v) is 7.56. The highest BCUT2D eigenvalue weighted by atomic mass is 35.5. The standard InChI is InChI=1S/C17H17ClN2O2/c18-14-7-3-4-8-15(14)20-16(21)19-11-17(22)10-9-12-5-1-2-6-13(12)17/h1-8,22H,9-11H2,(H2,19,20,21)/t17-/m1/s1. The van der Waals surface area contributed by atoms with Crippen molar-refractivity contribution < 1.29 is 9.90 Å². The van der Waals surface area contributed by atoms with Gasteiger partial charge in [0.25, 0.3) is 0 Å². The van der Waals surface area contributed by atoms with Crippen LogP contribution in [0.5, 0.6) is 0 Å². The Labute approximate surface area is 134 Å². The van der Waals surface area contributed by atoms with E-state index in [-0.39, 0.29) is 12.6 Å². The average molecular weight is 317 g/mol. The molecule has 0 saturated carbocycles. The van der Waals surface area contributed by atoms with Gasteiger partial charge in [0.1, 0.15) is 5.60 Å². The average Bonchev–Trinajstić information content (AvgIpc) is 2.86. The van der Waals surface area contributed by atoms with Gasteiger partial charge in [0, 0.05) is 0 Å². The van der Waals surface area contributed by atoms with Gasteiger partial charge in [-0.1, -0.05) is 48.0 Å². The van der Waals surface area contributed by atoms with E-state index in [2.05, 4.69) is 10.6 Å². The van der Waals surface area contributed by atoms with Crippen molar-refractivity contribution in [1.82, 2.24) is 5.32 Å². The Morgan fingerprint density at radius 3 is 2.73 bits per heavy atom. The molecule has 0 heterocycles. The smallest absolute Gasteiger partial charge is 0.319 e. The van der Waals surface area contributed by atoms with Crippen LogP contribution in [0.25, 0.3) is 0 Å². The monoisotopic (exact) mass is 316 g/mol. The van der Waals surface area contributed by atoms with Gasteiger partial charge >= 0.3 is 6.03 Å². The second kappa shape index (κ2) is 5.99. The molecular formula is C17H17ClN2O2. The molecule has 1 atom stereocenters. The summed E-state index contributed by atoms with van der Waals surface area (Å²) in [6, 6.07) is 14.4. The molecule has 1 aliphatic carbocycles. The van der Waals surface area contributed by atoms with Crippen LogP contribution in [0.2, 0.25) is 5.02 Å². The van der Waals surface area contributed by atoms with Crippen molar-refractivity contribution in [2.75, 3.05) is 11.9 Å². The molecule has 0 aromatic heterocycles. The second-order valence-electron chi connectivity index (χ2n) is 5.48. The molecule has 1 aliphatic rings. The molecule has 2 aromatic carbocycles. The Hall–Kier alpha value is -2.04. The summed E-state index contributed by atoms with van der Waals surface area (Å²) >= 11 is 6.00. The van der Waals surface area contributed by atoms with E-state index in [1.807, 2.05) is 24.3 Å². The van der Waals surface area contributed by atoms with Crippen molar-refractivity contribution in [2.24, 2.45) is 0 Å². The maximum atomic E-state index is 12.0. The Morgan fingerprint density at radius 2 is 1.91 bits per heavy atom. The number of hydrogen-bond donors (Lipinski definition) is 3. The third-order valence-electron chi connectivity index (χ3n) is 3.99. The normalized spacial score (nSPS) is 19.5. The van der Waals surface area contributed by atoms with E-state index in [0.29, 0.717) is 17.1 Å². The van der Waals surface area contributed by atoms with Crippen LogP contribution >= 0.6 is 11.6 Å². The predicted molar refractivity (Wildman–Crippen MR) is 87.1 cm³/mol. The largest absolute Gasteiger partial charge is 0.383 e. The summed E-state index contributed by atoms with van der Waals surface area (Å²) in [5, 5.41) is 16.6. The molecule has 4 nitrogen and oxygen atoms in total. The van der Waals surface area contributed by atoms with Crippen LogP contribution in [0.1, 0.15) is 17.5 Å². The molecule has 114 valence electrons. The highest BCUT2D eigenvalue weighted by Gasteiger charge is 2.36. The lowest BCUT2D eigenvalue weighted by Gasteiger charge is -2.24. The van der Waals surface area contributed by atoms with Gasteiger partial charge in [-0.3, -0.25) is 0 Å². The summed E-state index contributed by atoms with van der Waals surface area (Å²) < 4.78 is 0. The molecule has 3 rings (SSSR count). The Bertz CT molecular complexity index is 705. The van der Waals surface area contributed by atoms with Crippen molar-refractivity contribution in [2.45, 2.75) is 18.4 Å². The maximum Gasteiger partial charge on any atom is 0.319 e. The number of urea groups is 1. The third-order valence-corrected chi connectivity index (χ3v) is 4.32. The van der Waals surface area contributed by atoms with Crippen molar-refractivity contribution in [3.63, 3.8) is 0 Å². The molecule has 2 amide bonds. The molecule has 2 aromatic rings. The lowest BCUT2D eigenvalue weighted by Crippen LogP contribution is -2.41. The highest BCUT2D eigenvalue weighted by Crippen LogP contribution is 2.36. The minimum Gasteiger partial charge on any atom is -0.383 e. The van der Waals surface area contributed by atoms with Crippen LogP contribution < -0.4 is 10.6 Å². The number of anilines is 1. The van der Waals surface area contributed by atoms with Crippen molar-refractivity contribution in [1.29, 1.82) is 0 Å². The van der Waals surface area contributed by atoms with Crippen LogP contribution in [0.4, 0.5) is 10.5 Å². The number of carbonyl (C=O) groups is 1. The number of amides is 2. The summed E-state index contributed by atoms with van der Waals surface area (Å²) in [4.78, 5) is 12.0. The van der Waals surface area contributed by atoms with Crippen LogP contribution in [-0.2, 0) is 12.0 Å². The molecule has 22 heavy (non-hydrogen) atoms. The van der Waals surface area contributed by atoms with Gasteiger partial charge in [-0.2, -0.15) is 0 Å².